The maximum absolute atomic E-state index is 10.6. The lowest BCUT2D eigenvalue weighted by Crippen LogP contribution is -1.96. The van der Waals surface area contributed by atoms with Crippen molar-refractivity contribution in [1.29, 1.82) is 5.26 Å². The van der Waals surface area contributed by atoms with Gasteiger partial charge in [-0.05, 0) is 12.1 Å². The number of nitrogens with zero attached hydrogens (tertiary/aromatic N) is 2. The van der Waals surface area contributed by atoms with E-state index in [4.69, 9.17) is 24.4 Å². The van der Waals surface area contributed by atoms with Crippen LogP contribution in [0.1, 0.15) is 21.8 Å². The molecule has 7 nitrogen and oxygen atoms in total. The molecule has 0 saturated carbocycles. The molecule has 2 rings (SSSR count). The number of hydrogen-bond donors (Lipinski definition) is 1. The van der Waals surface area contributed by atoms with Crippen LogP contribution >= 0.6 is 0 Å². The number of aromatic nitrogens is 1. The lowest BCUT2D eigenvalue weighted by Gasteiger charge is -2.06. The number of carboxylic acid groups (broad SMARTS) is 1. The fourth-order valence-corrected chi connectivity index (χ4v) is 1.47. The van der Waals surface area contributed by atoms with E-state index in [1.807, 2.05) is 6.07 Å². The summed E-state index contributed by atoms with van der Waals surface area (Å²) in [5.74, 6) is -0.00565. The van der Waals surface area contributed by atoms with E-state index in [2.05, 4.69) is 5.16 Å². The maximum atomic E-state index is 10.6. The van der Waals surface area contributed by atoms with Crippen LogP contribution in [0.4, 0.5) is 0 Å². The maximum Gasteiger partial charge on any atom is 0.358 e. The highest BCUT2D eigenvalue weighted by Crippen LogP contribution is 2.23. The van der Waals surface area contributed by atoms with Crippen molar-refractivity contribution < 1.29 is 23.9 Å². The second-order valence-corrected chi connectivity index (χ2v) is 3.78. The summed E-state index contributed by atoms with van der Waals surface area (Å²) in [7, 11) is 1.48. The summed E-state index contributed by atoms with van der Waals surface area (Å²) in [4.78, 5) is 10.6. The second kappa shape index (κ2) is 5.75. The summed E-state index contributed by atoms with van der Waals surface area (Å²) in [5, 5.41) is 20.9. The molecular formula is C13H10N2O5. The number of ether oxygens (including phenoxy) is 2. The molecule has 0 amide bonds. The van der Waals surface area contributed by atoms with Crippen LogP contribution in [0, 0.1) is 11.3 Å². The minimum Gasteiger partial charge on any atom is -0.497 e. The number of rotatable bonds is 5. The number of hydrogen-bond acceptors (Lipinski definition) is 6. The van der Waals surface area contributed by atoms with Crippen LogP contribution in [0.5, 0.6) is 11.5 Å². The van der Waals surface area contributed by atoms with Crippen LogP contribution in [0.15, 0.2) is 28.8 Å². The Morgan fingerprint density at radius 2 is 2.15 bits per heavy atom. The van der Waals surface area contributed by atoms with E-state index in [9.17, 15) is 4.79 Å². The molecule has 1 aromatic heterocycles. The fourth-order valence-electron chi connectivity index (χ4n) is 1.47. The first-order valence-electron chi connectivity index (χ1n) is 5.53. The van der Waals surface area contributed by atoms with Crippen molar-refractivity contribution >= 4 is 5.97 Å². The van der Waals surface area contributed by atoms with E-state index < -0.39 is 5.97 Å². The fraction of sp³-hybridized carbons (Fsp3) is 0.154. The molecule has 1 aromatic carbocycles. The summed E-state index contributed by atoms with van der Waals surface area (Å²) in [6, 6.07) is 7.98. The summed E-state index contributed by atoms with van der Waals surface area (Å²) in [6.45, 7) is -0.00167. The van der Waals surface area contributed by atoms with Crippen LogP contribution in [-0.2, 0) is 6.61 Å². The van der Waals surface area contributed by atoms with Crippen LogP contribution in [0.3, 0.4) is 0 Å². The third-order valence-electron chi connectivity index (χ3n) is 2.40. The molecule has 0 atom stereocenters. The molecule has 0 aliphatic heterocycles. The van der Waals surface area contributed by atoms with Gasteiger partial charge in [0.25, 0.3) is 0 Å². The Morgan fingerprint density at radius 1 is 1.40 bits per heavy atom. The Labute approximate surface area is 113 Å². The normalized spacial score (nSPS) is 9.80. The zero-order valence-electron chi connectivity index (χ0n) is 10.5. The van der Waals surface area contributed by atoms with Crippen LogP contribution in [0.2, 0.25) is 0 Å². The lowest BCUT2D eigenvalue weighted by molar-refractivity contribution is 0.0685. The molecule has 0 saturated heterocycles. The van der Waals surface area contributed by atoms with Gasteiger partial charge in [0.05, 0.1) is 18.7 Å². The van der Waals surface area contributed by atoms with E-state index in [1.165, 1.54) is 19.2 Å². The van der Waals surface area contributed by atoms with Crippen molar-refractivity contribution in [2.45, 2.75) is 6.61 Å². The zero-order valence-corrected chi connectivity index (χ0v) is 10.5. The molecule has 0 fully saturated rings. The van der Waals surface area contributed by atoms with Gasteiger partial charge in [-0.2, -0.15) is 5.26 Å². The molecule has 102 valence electrons. The third kappa shape index (κ3) is 3.05. The van der Waals surface area contributed by atoms with Crippen LogP contribution < -0.4 is 9.47 Å². The molecule has 1 heterocycles. The van der Waals surface area contributed by atoms with Gasteiger partial charge >= 0.3 is 5.97 Å². The quantitative estimate of drug-likeness (QED) is 0.886. The Hall–Kier alpha value is -3.01. The molecule has 7 heteroatoms. The summed E-state index contributed by atoms with van der Waals surface area (Å²) in [6.07, 6.45) is 0. The van der Waals surface area contributed by atoms with E-state index in [-0.39, 0.29) is 18.1 Å². The Bertz CT molecular complexity index is 672. The van der Waals surface area contributed by atoms with Gasteiger partial charge in [0, 0.05) is 12.1 Å². The number of methoxy groups -OCH3 is 1. The van der Waals surface area contributed by atoms with Gasteiger partial charge in [0.15, 0.2) is 11.5 Å². The molecule has 1 N–H and O–H groups in total. The van der Waals surface area contributed by atoms with Crippen molar-refractivity contribution in [3.05, 3.63) is 41.3 Å². The molecule has 0 bridgehead atoms. The molecule has 2 aromatic rings. The van der Waals surface area contributed by atoms with Gasteiger partial charge in [-0.3, -0.25) is 0 Å². The largest absolute Gasteiger partial charge is 0.497 e. The van der Waals surface area contributed by atoms with Crippen LogP contribution in [-0.4, -0.2) is 23.3 Å². The van der Waals surface area contributed by atoms with Crippen molar-refractivity contribution in [2.75, 3.05) is 7.11 Å². The topological polar surface area (TPSA) is 106 Å². The minimum atomic E-state index is -1.17. The number of aromatic carboxylic acids is 1. The van der Waals surface area contributed by atoms with Gasteiger partial charge in [-0.25, -0.2) is 4.79 Å². The molecule has 0 radical (unpaired) electrons. The van der Waals surface area contributed by atoms with E-state index in [0.717, 1.165) is 0 Å². The van der Waals surface area contributed by atoms with E-state index in [0.29, 0.717) is 17.1 Å². The number of carboxylic acids is 1. The Morgan fingerprint density at radius 3 is 2.75 bits per heavy atom. The highest BCUT2D eigenvalue weighted by Gasteiger charge is 2.11. The van der Waals surface area contributed by atoms with Crippen molar-refractivity contribution in [2.24, 2.45) is 0 Å². The molecule has 0 spiro atoms. The van der Waals surface area contributed by atoms with Gasteiger partial charge in [0.2, 0.25) is 0 Å². The van der Waals surface area contributed by atoms with Gasteiger partial charge < -0.3 is 19.1 Å². The second-order valence-electron chi connectivity index (χ2n) is 3.78. The monoisotopic (exact) mass is 274 g/mol. The molecule has 0 unspecified atom stereocenters. The SMILES string of the molecule is COc1cc(C#N)cc(OCc2cc(C(=O)O)no2)c1. The number of carbonyl (C=O) groups is 1. The number of benzene rings is 1. The van der Waals surface area contributed by atoms with Crippen LogP contribution in [0.25, 0.3) is 0 Å². The third-order valence-corrected chi connectivity index (χ3v) is 2.40. The Balaban J connectivity index is 2.10. The van der Waals surface area contributed by atoms with Gasteiger partial charge in [-0.1, -0.05) is 5.16 Å². The Kier molecular flexibility index (Phi) is 3.86. The highest BCUT2D eigenvalue weighted by molar-refractivity contribution is 5.85. The zero-order chi connectivity index (χ0) is 14.5. The smallest absolute Gasteiger partial charge is 0.358 e. The van der Waals surface area contributed by atoms with Gasteiger partial charge in [0.1, 0.15) is 18.1 Å². The van der Waals surface area contributed by atoms with Crippen molar-refractivity contribution in [1.82, 2.24) is 5.16 Å². The minimum absolute atomic E-state index is 0.00167. The number of nitriles is 1. The molecular weight excluding hydrogens is 264 g/mol. The summed E-state index contributed by atoms with van der Waals surface area (Å²) >= 11 is 0. The summed E-state index contributed by atoms with van der Waals surface area (Å²) < 4.78 is 15.3. The predicted octanol–water partition coefficient (Wildman–Crippen LogP) is 1.83. The molecule has 0 aliphatic rings. The first kappa shape index (κ1) is 13.4. The average molecular weight is 274 g/mol. The average Bonchev–Trinajstić information content (AvgIpc) is 2.93. The molecule has 20 heavy (non-hydrogen) atoms. The first-order chi connectivity index (χ1) is 9.62. The lowest BCUT2D eigenvalue weighted by atomic mass is 10.2. The van der Waals surface area contributed by atoms with E-state index >= 15 is 0 Å². The van der Waals surface area contributed by atoms with Crippen molar-refractivity contribution in [3.63, 3.8) is 0 Å². The highest BCUT2D eigenvalue weighted by atomic mass is 16.5. The summed E-state index contributed by atoms with van der Waals surface area (Å²) in [5.41, 5.74) is 0.204. The van der Waals surface area contributed by atoms with Gasteiger partial charge in [-0.15, -0.1) is 0 Å². The van der Waals surface area contributed by atoms with Crippen molar-refractivity contribution in [3.8, 4) is 17.6 Å². The predicted molar refractivity (Wildman–Crippen MR) is 65.5 cm³/mol. The standard InChI is InChI=1S/C13H10N2O5/c1-18-9-2-8(6-14)3-10(4-9)19-7-11-5-12(13(16)17)15-20-11/h2-5H,7H2,1H3,(H,16,17). The molecule has 0 aliphatic carbocycles. The first-order valence-corrected chi connectivity index (χ1v) is 5.53. The van der Waals surface area contributed by atoms with E-state index in [1.54, 1.807) is 12.1 Å².